The number of ether oxygens (including phenoxy) is 1. The third-order valence-electron chi connectivity index (χ3n) is 3.90. The van der Waals surface area contributed by atoms with Crippen molar-refractivity contribution in [1.82, 2.24) is 5.32 Å². The fraction of sp³-hybridized carbons (Fsp3) is 0.562. The number of rotatable bonds is 5. The molecule has 1 amide bonds. The van der Waals surface area contributed by atoms with Crippen LogP contribution < -0.4 is 10.1 Å². The van der Waals surface area contributed by atoms with E-state index in [0.717, 1.165) is 17.9 Å². The molecule has 1 aromatic carbocycles. The lowest BCUT2D eigenvalue weighted by molar-refractivity contribution is -0.120. The van der Waals surface area contributed by atoms with Gasteiger partial charge >= 0.3 is 0 Å². The number of hydrogen-bond acceptors (Lipinski definition) is 2. The van der Waals surface area contributed by atoms with Crippen LogP contribution in [-0.2, 0) is 11.2 Å². The summed E-state index contributed by atoms with van der Waals surface area (Å²) >= 11 is 3.72. The van der Waals surface area contributed by atoms with Crippen molar-refractivity contribution in [3.05, 3.63) is 29.8 Å². The summed E-state index contributed by atoms with van der Waals surface area (Å²) in [6.07, 6.45) is 5.44. The van der Waals surface area contributed by atoms with Gasteiger partial charge in [0.2, 0.25) is 5.91 Å². The third kappa shape index (κ3) is 4.51. The van der Waals surface area contributed by atoms with Gasteiger partial charge in [0.05, 0.1) is 13.5 Å². The Morgan fingerprint density at radius 2 is 2.00 bits per heavy atom. The third-order valence-corrected chi connectivity index (χ3v) is 5.11. The van der Waals surface area contributed by atoms with E-state index in [4.69, 9.17) is 4.74 Å². The summed E-state index contributed by atoms with van der Waals surface area (Å²) in [7, 11) is 1.64. The van der Waals surface area contributed by atoms with Crippen LogP contribution in [0, 0.1) is 5.92 Å². The molecule has 1 saturated carbocycles. The standard InChI is InChI=1S/C16H22BrNO2/c1-20-14-8-6-12(7-9-14)10-16(19)18-11-13-4-2-3-5-15(13)17/h6-9,13,15H,2-5,10-11H2,1H3,(H,18,19). The molecule has 4 heteroatoms. The van der Waals surface area contributed by atoms with Crippen LogP contribution in [0.4, 0.5) is 0 Å². The summed E-state index contributed by atoms with van der Waals surface area (Å²) in [6, 6.07) is 7.65. The number of alkyl halides is 1. The fourth-order valence-corrected chi connectivity index (χ4v) is 3.40. The zero-order chi connectivity index (χ0) is 14.4. The molecule has 0 aliphatic heterocycles. The van der Waals surface area contributed by atoms with Crippen molar-refractivity contribution in [1.29, 1.82) is 0 Å². The summed E-state index contributed by atoms with van der Waals surface area (Å²) in [6.45, 7) is 0.783. The predicted octanol–water partition coefficient (Wildman–Crippen LogP) is 3.31. The Kier molecular flexibility index (Phi) is 5.89. The monoisotopic (exact) mass is 339 g/mol. The summed E-state index contributed by atoms with van der Waals surface area (Å²) in [5.41, 5.74) is 1.02. The van der Waals surface area contributed by atoms with E-state index in [9.17, 15) is 4.79 Å². The van der Waals surface area contributed by atoms with Crippen molar-refractivity contribution >= 4 is 21.8 Å². The van der Waals surface area contributed by atoms with Crippen LogP contribution in [0.3, 0.4) is 0 Å². The number of nitrogens with one attached hydrogen (secondary N) is 1. The van der Waals surface area contributed by atoms with Crippen molar-refractivity contribution < 1.29 is 9.53 Å². The Balaban J connectivity index is 1.76. The number of carbonyl (C=O) groups is 1. The number of amides is 1. The molecule has 1 N–H and O–H groups in total. The van der Waals surface area contributed by atoms with Crippen LogP contribution in [-0.4, -0.2) is 24.4 Å². The van der Waals surface area contributed by atoms with Crippen molar-refractivity contribution in [3.8, 4) is 5.75 Å². The largest absolute Gasteiger partial charge is 0.497 e. The molecule has 110 valence electrons. The molecule has 20 heavy (non-hydrogen) atoms. The number of methoxy groups -OCH3 is 1. The molecule has 0 bridgehead atoms. The van der Waals surface area contributed by atoms with E-state index in [1.807, 2.05) is 24.3 Å². The Morgan fingerprint density at radius 1 is 1.30 bits per heavy atom. The average Bonchev–Trinajstić information content (AvgIpc) is 2.47. The molecule has 0 spiro atoms. The van der Waals surface area contributed by atoms with Crippen LogP contribution in [0.25, 0.3) is 0 Å². The lowest BCUT2D eigenvalue weighted by Gasteiger charge is -2.27. The molecule has 3 nitrogen and oxygen atoms in total. The van der Waals surface area contributed by atoms with Crippen molar-refractivity contribution in [2.75, 3.05) is 13.7 Å². The maximum absolute atomic E-state index is 12.0. The first-order chi connectivity index (χ1) is 9.69. The number of halogens is 1. The van der Waals surface area contributed by atoms with E-state index in [2.05, 4.69) is 21.2 Å². The summed E-state index contributed by atoms with van der Waals surface area (Å²) in [5.74, 6) is 1.49. The van der Waals surface area contributed by atoms with Crippen LogP contribution >= 0.6 is 15.9 Å². The highest BCUT2D eigenvalue weighted by Crippen LogP contribution is 2.29. The fourth-order valence-electron chi connectivity index (χ4n) is 2.63. The highest BCUT2D eigenvalue weighted by Gasteiger charge is 2.22. The molecule has 0 saturated heterocycles. The lowest BCUT2D eigenvalue weighted by atomic mass is 9.89. The van der Waals surface area contributed by atoms with Gasteiger partial charge in [-0.3, -0.25) is 4.79 Å². The van der Waals surface area contributed by atoms with Gasteiger partial charge in [-0.15, -0.1) is 0 Å². The molecule has 1 aliphatic carbocycles. The minimum atomic E-state index is 0.0976. The zero-order valence-electron chi connectivity index (χ0n) is 11.9. The zero-order valence-corrected chi connectivity index (χ0v) is 13.5. The van der Waals surface area contributed by atoms with Gasteiger partial charge < -0.3 is 10.1 Å². The van der Waals surface area contributed by atoms with E-state index in [-0.39, 0.29) is 5.91 Å². The first-order valence-electron chi connectivity index (χ1n) is 7.22. The maximum Gasteiger partial charge on any atom is 0.224 e. The highest BCUT2D eigenvalue weighted by molar-refractivity contribution is 9.09. The average molecular weight is 340 g/mol. The molecule has 1 aliphatic rings. The first-order valence-corrected chi connectivity index (χ1v) is 8.14. The molecular weight excluding hydrogens is 318 g/mol. The van der Waals surface area contributed by atoms with Crippen molar-refractivity contribution in [2.24, 2.45) is 5.92 Å². The molecule has 2 unspecified atom stereocenters. The summed E-state index contributed by atoms with van der Waals surface area (Å²) in [5, 5.41) is 3.06. The maximum atomic E-state index is 12.0. The van der Waals surface area contributed by atoms with E-state index in [1.165, 1.54) is 25.7 Å². The minimum Gasteiger partial charge on any atom is -0.497 e. The van der Waals surface area contributed by atoms with Crippen LogP contribution in [0.5, 0.6) is 5.75 Å². The van der Waals surface area contributed by atoms with Gasteiger partial charge in [-0.05, 0) is 36.5 Å². The van der Waals surface area contributed by atoms with Gasteiger partial charge in [0.1, 0.15) is 5.75 Å². The smallest absolute Gasteiger partial charge is 0.224 e. The summed E-state index contributed by atoms with van der Waals surface area (Å²) in [4.78, 5) is 12.5. The second-order valence-corrected chi connectivity index (χ2v) is 6.57. The topological polar surface area (TPSA) is 38.3 Å². The van der Waals surface area contributed by atoms with Gasteiger partial charge in [0.25, 0.3) is 0 Å². The van der Waals surface area contributed by atoms with E-state index >= 15 is 0 Å². The quantitative estimate of drug-likeness (QED) is 0.835. The molecule has 1 aromatic rings. The van der Waals surface area contributed by atoms with E-state index in [0.29, 0.717) is 17.2 Å². The molecular formula is C16H22BrNO2. The highest BCUT2D eigenvalue weighted by atomic mass is 79.9. The molecule has 0 heterocycles. The van der Waals surface area contributed by atoms with Gasteiger partial charge in [0.15, 0.2) is 0 Å². The minimum absolute atomic E-state index is 0.0976. The lowest BCUT2D eigenvalue weighted by Crippen LogP contribution is -2.35. The predicted molar refractivity (Wildman–Crippen MR) is 84.4 cm³/mol. The molecule has 0 aromatic heterocycles. The number of carbonyl (C=O) groups excluding carboxylic acids is 1. The van der Waals surface area contributed by atoms with E-state index in [1.54, 1.807) is 7.11 Å². The van der Waals surface area contributed by atoms with Crippen molar-refractivity contribution in [3.63, 3.8) is 0 Å². The number of hydrogen-bond donors (Lipinski definition) is 1. The van der Waals surface area contributed by atoms with Crippen LogP contribution in [0.1, 0.15) is 31.2 Å². The second-order valence-electron chi connectivity index (χ2n) is 5.39. The Morgan fingerprint density at radius 3 is 2.65 bits per heavy atom. The SMILES string of the molecule is COc1ccc(CC(=O)NCC2CCCCC2Br)cc1. The molecule has 0 radical (unpaired) electrons. The van der Waals surface area contributed by atoms with Crippen LogP contribution in [0.15, 0.2) is 24.3 Å². The molecule has 1 fully saturated rings. The van der Waals surface area contributed by atoms with E-state index < -0.39 is 0 Å². The van der Waals surface area contributed by atoms with Crippen molar-refractivity contribution in [2.45, 2.75) is 36.9 Å². The van der Waals surface area contributed by atoms with Gasteiger partial charge in [-0.2, -0.15) is 0 Å². The van der Waals surface area contributed by atoms with Crippen LogP contribution in [0.2, 0.25) is 0 Å². The second kappa shape index (κ2) is 7.67. The van der Waals surface area contributed by atoms with Gasteiger partial charge in [-0.1, -0.05) is 40.9 Å². The molecule has 2 atom stereocenters. The molecule has 2 rings (SSSR count). The number of benzene rings is 1. The first kappa shape index (κ1) is 15.4. The van der Waals surface area contributed by atoms with Gasteiger partial charge in [0, 0.05) is 11.4 Å². The van der Waals surface area contributed by atoms with Gasteiger partial charge in [-0.25, -0.2) is 0 Å². The normalized spacial score (nSPS) is 22.3. The Bertz CT molecular complexity index is 433. The Labute approximate surface area is 129 Å². The Hall–Kier alpha value is -1.03. The summed E-state index contributed by atoms with van der Waals surface area (Å²) < 4.78 is 5.11.